The number of anilines is 1. The second kappa shape index (κ2) is 9.19. The number of fused-ring (bicyclic) bond motifs is 3. The first-order valence-electron chi connectivity index (χ1n) is 11.4. The van der Waals surface area contributed by atoms with Crippen LogP contribution in [0.15, 0.2) is 76.7 Å². The van der Waals surface area contributed by atoms with Gasteiger partial charge in [0.05, 0.1) is 32.4 Å². The SMILES string of the molecule is CCOC(=O)C1=NN(c2ccc(C)cc2)C2(c3ccccc3)c3cc(OC)c(OC)cc3SCN12. The van der Waals surface area contributed by atoms with E-state index in [0.717, 1.165) is 27.3 Å². The van der Waals surface area contributed by atoms with Gasteiger partial charge in [0.2, 0.25) is 5.84 Å². The number of amidine groups is 1. The Bertz CT molecular complexity index is 1280. The number of aryl methyl sites for hydroxylation is 1. The van der Waals surface area contributed by atoms with Crippen molar-refractivity contribution >= 4 is 29.3 Å². The molecule has 7 nitrogen and oxygen atoms in total. The molecular weight excluding hydrogens is 462 g/mol. The highest BCUT2D eigenvalue weighted by Crippen LogP contribution is 2.54. The van der Waals surface area contributed by atoms with E-state index in [1.54, 1.807) is 32.9 Å². The molecule has 0 aliphatic carbocycles. The van der Waals surface area contributed by atoms with E-state index < -0.39 is 11.6 Å². The normalized spacial score (nSPS) is 18.5. The van der Waals surface area contributed by atoms with Crippen molar-refractivity contribution < 1.29 is 19.0 Å². The van der Waals surface area contributed by atoms with E-state index in [-0.39, 0.29) is 12.4 Å². The first-order chi connectivity index (χ1) is 17.0. The van der Waals surface area contributed by atoms with Crippen LogP contribution in [0.3, 0.4) is 0 Å². The van der Waals surface area contributed by atoms with Crippen LogP contribution in [-0.4, -0.2) is 43.4 Å². The predicted molar refractivity (Wildman–Crippen MR) is 137 cm³/mol. The van der Waals surface area contributed by atoms with Crippen LogP contribution in [0.5, 0.6) is 11.5 Å². The molecule has 8 heteroatoms. The van der Waals surface area contributed by atoms with Gasteiger partial charge < -0.3 is 19.1 Å². The fourth-order valence-corrected chi connectivity index (χ4v) is 5.79. The van der Waals surface area contributed by atoms with E-state index in [1.807, 2.05) is 71.4 Å². The summed E-state index contributed by atoms with van der Waals surface area (Å²) in [6.45, 7) is 4.11. The molecule has 0 radical (unpaired) electrons. The van der Waals surface area contributed by atoms with Gasteiger partial charge in [0.25, 0.3) is 0 Å². The van der Waals surface area contributed by atoms with Gasteiger partial charge in [-0.3, -0.25) is 0 Å². The number of methoxy groups -OCH3 is 2. The van der Waals surface area contributed by atoms with Crippen molar-refractivity contribution in [3.05, 3.63) is 83.4 Å². The van der Waals surface area contributed by atoms with Crippen LogP contribution >= 0.6 is 11.8 Å². The van der Waals surface area contributed by atoms with Crippen LogP contribution in [0.1, 0.15) is 23.6 Å². The molecule has 0 aromatic heterocycles. The molecule has 0 saturated heterocycles. The number of benzene rings is 3. The summed E-state index contributed by atoms with van der Waals surface area (Å²) in [4.78, 5) is 16.2. The molecule has 3 aromatic rings. The number of ether oxygens (including phenoxy) is 3. The maximum atomic E-state index is 13.2. The number of hydrogen-bond acceptors (Lipinski definition) is 8. The molecule has 35 heavy (non-hydrogen) atoms. The van der Waals surface area contributed by atoms with Crippen LogP contribution in [-0.2, 0) is 15.2 Å². The van der Waals surface area contributed by atoms with E-state index in [9.17, 15) is 4.79 Å². The molecule has 0 bridgehead atoms. The highest BCUT2D eigenvalue weighted by molar-refractivity contribution is 7.99. The molecule has 2 aliphatic heterocycles. The van der Waals surface area contributed by atoms with Crippen molar-refractivity contribution in [3.63, 3.8) is 0 Å². The average molecular weight is 490 g/mol. The molecule has 1 atom stereocenters. The lowest BCUT2D eigenvalue weighted by atomic mass is 9.88. The Kier molecular flexibility index (Phi) is 6.06. The van der Waals surface area contributed by atoms with Gasteiger partial charge in [-0.1, -0.05) is 48.0 Å². The Labute approximate surface area is 209 Å². The van der Waals surface area contributed by atoms with Gasteiger partial charge in [-0.05, 0) is 38.1 Å². The summed E-state index contributed by atoms with van der Waals surface area (Å²) in [6, 6.07) is 22.2. The Hall–Kier alpha value is -3.65. The molecule has 180 valence electrons. The molecule has 0 N–H and O–H groups in total. The molecular formula is C27H27N3O4S. The molecule has 0 fully saturated rings. The fraction of sp³-hybridized carbons (Fsp3) is 0.259. The quantitative estimate of drug-likeness (QED) is 0.453. The topological polar surface area (TPSA) is 63.6 Å². The number of carbonyl (C=O) groups excluding carboxylic acids is 1. The summed E-state index contributed by atoms with van der Waals surface area (Å²) < 4.78 is 16.7. The van der Waals surface area contributed by atoms with E-state index in [1.165, 1.54) is 0 Å². The number of rotatable bonds is 6. The maximum Gasteiger partial charge on any atom is 0.376 e. The molecule has 2 heterocycles. The summed E-state index contributed by atoms with van der Waals surface area (Å²) >= 11 is 1.62. The summed E-state index contributed by atoms with van der Waals surface area (Å²) in [6.07, 6.45) is 0. The third kappa shape index (κ3) is 3.60. The molecule has 5 rings (SSSR count). The van der Waals surface area contributed by atoms with Gasteiger partial charge in [0.15, 0.2) is 17.2 Å². The first-order valence-corrected chi connectivity index (χ1v) is 12.4. The highest BCUT2D eigenvalue weighted by atomic mass is 32.2. The number of hydrazone groups is 1. The second-order valence-corrected chi connectivity index (χ2v) is 9.22. The van der Waals surface area contributed by atoms with Crippen molar-refractivity contribution in [2.75, 3.05) is 31.7 Å². The Morgan fingerprint density at radius 2 is 1.71 bits per heavy atom. The van der Waals surface area contributed by atoms with Crippen molar-refractivity contribution in [3.8, 4) is 11.5 Å². The summed E-state index contributed by atoms with van der Waals surface area (Å²) in [5.74, 6) is 1.58. The Morgan fingerprint density at radius 3 is 2.37 bits per heavy atom. The van der Waals surface area contributed by atoms with Crippen LogP contribution in [0.2, 0.25) is 0 Å². The zero-order chi connectivity index (χ0) is 24.6. The van der Waals surface area contributed by atoms with Gasteiger partial charge in [-0.15, -0.1) is 16.9 Å². The Balaban J connectivity index is 1.84. The molecule has 2 aliphatic rings. The van der Waals surface area contributed by atoms with Gasteiger partial charge in [0, 0.05) is 16.0 Å². The van der Waals surface area contributed by atoms with Gasteiger partial charge in [0.1, 0.15) is 0 Å². The lowest BCUT2D eigenvalue weighted by Gasteiger charge is -2.48. The standard InChI is InChI=1S/C27H27N3O4S/c1-5-34-26(31)25-28-30(20-13-11-18(2)12-14-20)27(19-9-7-6-8-10-19)21-15-22(32-3)23(33-4)16-24(21)35-17-29(25)27/h6-16H,5,17H2,1-4H3. The van der Waals surface area contributed by atoms with Crippen LogP contribution < -0.4 is 14.5 Å². The van der Waals surface area contributed by atoms with Crippen molar-refractivity contribution in [2.24, 2.45) is 5.10 Å². The van der Waals surface area contributed by atoms with Crippen LogP contribution in [0, 0.1) is 6.92 Å². The first kappa shape index (κ1) is 23.1. The van der Waals surface area contributed by atoms with Gasteiger partial charge in [-0.25, -0.2) is 9.80 Å². The minimum Gasteiger partial charge on any atom is -0.493 e. The van der Waals surface area contributed by atoms with Crippen LogP contribution in [0.4, 0.5) is 5.69 Å². The summed E-state index contributed by atoms with van der Waals surface area (Å²) in [5.41, 5.74) is 2.98. The zero-order valence-electron chi connectivity index (χ0n) is 20.1. The van der Waals surface area contributed by atoms with E-state index in [0.29, 0.717) is 17.4 Å². The lowest BCUT2D eigenvalue weighted by molar-refractivity contribution is -0.135. The van der Waals surface area contributed by atoms with Crippen LogP contribution in [0.25, 0.3) is 0 Å². The molecule has 0 amide bonds. The van der Waals surface area contributed by atoms with Crippen molar-refractivity contribution in [1.82, 2.24) is 4.90 Å². The monoisotopic (exact) mass is 489 g/mol. The average Bonchev–Trinajstić information content (AvgIpc) is 3.25. The largest absolute Gasteiger partial charge is 0.493 e. The Morgan fingerprint density at radius 1 is 1.03 bits per heavy atom. The smallest absolute Gasteiger partial charge is 0.376 e. The van der Waals surface area contributed by atoms with Gasteiger partial charge in [-0.2, -0.15) is 0 Å². The number of carbonyl (C=O) groups is 1. The summed E-state index contributed by atoms with van der Waals surface area (Å²) in [7, 11) is 3.26. The third-order valence-electron chi connectivity index (χ3n) is 6.27. The summed E-state index contributed by atoms with van der Waals surface area (Å²) in [5, 5.41) is 6.84. The molecule has 0 spiro atoms. The molecule has 1 unspecified atom stereocenters. The zero-order valence-corrected chi connectivity index (χ0v) is 21.0. The van der Waals surface area contributed by atoms with Crippen molar-refractivity contribution in [2.45, 2.75) is 24.4 Å². The van der Waals surface area contributed by atoms with E-state index in [2.05, 4.69) is 12.1 Å². The number of nitrogens with zero attached hydrogens (tertiary/aromatic N) is 3. The minimum absolute atomic E-state index is 0.267. The highest BCUT2D eigenvalue weighted by Gasteiger charge is 2.57. The maximum absolute atomic E-state index is 13.2. The lowest BCUT2D eigenvalue weighted by Crippen LogP contribution is -2.56. The predicted octanol–water partition coefficient (Wildman–Crippen LogP) is 4.98. The molecule has 0 saturated carbocycles. The van der Waals surface area contributed by atoms with Gasteiger partial charge >= 0.3 is 5.97 Å². The number of esters is 1. The van der Waals surface area contributed by atoms with Crippen molar-refractivity contribution in [1.29, 1.82) is 0 Å². The number of thioether (sulfide) groups is 1. The van der Waals surface area contributed by atoms with E-state index in [4.69, 9.17) is 19.3 Å². The minimum atomic E-state index is -0.932. The molecule has 3 aromatic carbocycles. The third-order valence-corrected chi connectivity index (χ3v) is 7.31. The number of hydrogen-bond donors (Lipinski definition) is 0. The van der Waals surface area contributed by atoms with E-state index >= 15 is 0 Å². The second-order valence-electron chi connectivity index (χ2n) is 8.23. The fourth-order valence-electron chi connectivity index (χ4n) is 4.67.